The largest absolute Gasteiger partial charge is 0.481 e. The highest BCUT2D eigenvalue weighted by Gasteiger charge is 2.20. The number of piperidine rings is 1. The summed E-state index contributed by atoms with van der Waals surface area (Å²) in [6.07, 6.45) is 1.42. The predicted octanol–water partition coefficient (Wildman–Crippen LogP) is 1.98. The number of amides is 1. The second-order valence-corrected chi connectivity index (χ2v) is 5.19. The van der Waals surface area contributed by atoms with Crippen LogP contribution in [0.1, 0.15) is 19.8 Å². The van der Waals surface area contributed by atoms with E-state index in [1.165, 1.54) is 0 Å². The monoisotopic (exact) mass is 282 g/mol. The summed E-state index contributed by atoms with van der Waals surface area (Å²) in [5.74, 6) is 0.535. The predicted molar refractivity (Wildman–Crippen MR) is 75.6 cm³/mol. The number of benzene rings is 1. The van der Waals surface area contributed by atoms with Gasteiger partial charge >= 0.3 is 0 Å². The van der Waals surface area contributed by atoms with E-state index in [1.54, 1.807) is 31.2 Å². The number of halogens is 1. The molecule has 1 aromatic rings. The molecule has 1 atom stereocenters. The zero-order chi connectivity index (χ0) is 13.7. The third kappa shape index (κ3) is 4.40. The zero-order valence-corrected chi connectivity index (χ0v) is 11.7. The van der Waals surface area contributed by atoms with Crippen LogP contribution in [0.2, 0.25) is 5.02 Å². The SMILES string of the molecule is CC(Oc1cccc(Cl)c1)C(=O)NC1CCNCC1. The first-order valence-electron chi connectivity index (χ1n) is 6.58. The zero-order valence-electron chi connectivity index (χ0n) is 11.0. The van der Waals surface area contributed by atoms with Gasteiger partial charge in [0.15, 0.2) is 6.10 Å². The first-order chi connectivity index (χ1) is 9.15. The van der Waals surface area contributed by atoms with Crippen molar-refractivity contribution < 1.29 is 9.53 Å². The Kier molecular flexibility index (Phi) is 5.05. The minimum Gasteiger partial charge on any atom is -0.481 e. The molecule has 1 aromatic carbocycles. The molecule has 1 amide bonds. The maximum Gasteiger partial charge on any atom is 0.260 e. The fourth-order valence-electron chi connectivity index (χ4n) is 2.08. The van der Waals surface area contributed by atoms with Crippen LogP contribution >= 0.6 is 11.6 Å². The maximum atomic E-state index is 12.0. The van der Waals surface area contributed by atoms with Gasteiger partial charge in [0.1, 0.15) is 5.75 Å². The molecule has 19 heavy (non-hydrogen) atoms. The van der Waals surface area contributed by atoms with Crippen molar-refractivity contribution in [1.29, 1.82) is 0 Å². The van der Waals surface area contributed by atoms with Crippen LogP contribution in [0.25, 0.3) is 0 Å². The fraction of sp³-hybridized carbons (Fsp3) is 0.500. The Bertz CT molecular complexity index is 433. The Morgan fingerprint density at radius 1 is 1.47 bits per heavy atom. The molecule has 0 aliphatic carbocycles. The standard InChI is InChI=1S/C14H19ClN2O2/c1-10(19-13-4-2-3-11(15)9-13)14(18)17-12-5-7-16-8-6-12/h2-4,9-10,12,16H,5-8H2,1H3,(H,17,18). The molecule has 5 heteroatoms. The van der Waals surface area contributed by atoms with Gasteiger partial charge in [0.25, 0.3) is 5.91 Å². The molecule has 1 aliphatic rings. The molecule has 1 unspecified atom stereocenters. The van der Waals surface area contributed by atoms with Crippen molar-refractivity contribution in [2.24, 2.45) is 0 Å². The highest BCUT2D eigenvalue weighted by atomic mass is 35.5. The molecule has 104 valence electrons. The normalized spacial score (nSPS) is 17.8. The molecule has 0 saturated carbocycles. The van der Waals surface area contributed by atoms with Gasteiger partial charge in [-0.05, 0) is 51.1 Å². The van der Waals surface area contributed by atoms with Crippen LogP contribution < -0.4 is 15.4 Å². The summed E-state index contributed by atoms with van der Waals surface area (Å²) >= 11 is 5.88. The third-order valence-electron chi connectivity index (χ3n) is 3.16. The van der Waals surface area contributed by atoms with Crippen LogP contribution in [0.4, 0.5) is 0 Å². The lowest BCUT2D eigenvalue weighted by atomic mass is 10.1. The first-order valence-corrected chi connectivity index (χ1v) is 6.96. The van der Waals surface area contributed by atoms with Crippen LogP contribution in [0, 0.1) is 0 Å². The summed E-state index contributed by atoms with van der Waals surface area (Å²) in [6, 6.07) is 7.32. The van der Waals surface area contributed by atoms with Gasteiger partial charge in [0, 0.05) is 11.1 Å². The molecule has 0 spiro atoms. The topological polar surface area (TPSA) is 50.4 Å². The van der Waals surface area contributed by atoms with E-state index in [1.807, 2.05) is 0 Å². The lowest BCUT2D eigenvalue weighted by molar-refractivity contribution is -0.128. The van der Waals surface area contributed by atoms with E-state index in [0.29, 0.717) is 10.8 Å². The van der Waals surface area contributed by atoms with Crippen LogP contribution in [0.3, 0.4) is 0 Å². The molecule has 1 heterocycles. The summed E-state index contributed by atoms with van der Waals surface area (Å²) in [5, 5.41) is 6.88. The summed E-state index contributed by atoms with van der Waals surface area (Å²) in [7, 11) is 0. The summed E-state index contributed by atoms with van der Waals surface area (Å²) in [5.41, 5.74) is 0. The van der Waals surface area contributed by atoms with Gasteiger partial charge in [-0.1, -0.05) is 17.7 Å². The van der Waals surface area contributed by atoms with E-state index in [-0.39, 0.29) is 11.9 Å². The molecule has 2 rings (SSSR count). The quantitative estimate of drug-likeness (QED) is 0.888. The number of carbonyl (C=O) groups excluding carboxylic acids is 1. The Balaban J connectivity index is 1.84. The first kappa shape index (κ1) is 14.2. The van der Waals surface area contributed by atoms with Crippen molar-refractivity contribution in [3.63, 3.8) is 0 Å². The molecule has 0 bridgehead atoms. The second kappa shape index (κ2) is 6.78. The van der Waals surface area contributed by atoms with E-state index in [0.717, 1.165) is 25.9 Å². The van der Waals surface area contributed by atoms with Crippen LogP contribution in [-0.4, -0.2) is 31.1 Å². The van der Waals surface area contributed by atoms with Crippen molar-refractivity contribution in [3.05, 3.63) is 29.3 Å². The number of carbonyl (C=O) groups is 1. The maximum absolute atomic E-state index is 12.0. The van der Waals surface area contributed by atoms with Gasteiger partial charge in [0.2, 0.25) is 0 Å². The van der Waals surface area contributed by atoms with Crippen molar-refractivity contribution in [1.82, 2.24) is 10.6 Å². The van der Waals surface area contributed by atoms with E-state index >= 15 is 0 Å². The van der Waals surface area contributed by atoms with Crippen LogP contribution in [0.5, 0.6) is 5.75 Å². The highest BCUT2D eigenvalue weighted by molar-refractivity contribution is 6.30. The van der Waals surface area contributed by atoms with E-state index in [9.17, 15) is 4.79 Å². The highest BCUT2D eigenvalue weighted by Crippen LogP contribution is 2.18. The van der Waals surface area contributed by atoms with Gasteiger partial charge in [-0.15, -0.1) is 0 Å². The van der Waals surface area contributed by atoms with Gasteiger partial charge in [-0.3, -0.25) is 4.79 Å². The van der Waals surface area contributed by atoms with Crippen molar-refractivity contribution >= 4 is 17.5 Å². The van der Waals surface area contributed by atoms with Crippen LogP contribution in [0.15, 0.2) is 24.3 Å². The molecule has 4 nitrogen and oxygen atoms in total. The van der Waals surface area contributed by atoms with E-state index in [4.69, 9.17) is 16.3 Å². The summed E-state index contributed by atoms with van der Waals surface area (Å²) in [4.78, 5) is 12.0. The smallest absolute Gasteiger partial charge is 0.260 e. The Labute approximate surface area is 118 Å². The summed E-state index contributed by atoms with van der Waals surface area (Å²) < 4.78 is 5.59. The molecular formula is C14H19ClN2O2. The van der Waals surface area contributed by atoms with Gasteiger partial charge in [-0.2, -0.15) is 0 Å². The molecule has 1 saturated heterocycles. The number of hydrogen-bond acceptors (Lipinski definition) is 3. The van der Waals surface area contributed by atoms with E-state index < -0.39 is 6.10 Å². The number of nitrogens with one attached hydrogen (secondary N) is 2. The van der Waals surface area contributed by atoms with Crippen molar-refractivity contribution in [3.8, 4) is 5.75 Å². The molecular weight excluding hydrogens is 264 g/mol. The molecule has 2 N–H and O–H groups in total. The Morgan fingerprint density at radius 2 is 2.21 bits per heavy atom. The second-order valence-electron chi connectivity index (χ2n) is 4.75. The lowest BCUT2D eigenvalue weighted by Crippen LogP contribution is -2.46. The number of rotatable bonds is 4. The Hall–Kier alpha value is -1.26. The minimum atomic E-state index is -0.520. The van der Waals surface area contributed by atoms with Crippen molar-refractivity contribution in [2.75, 3.05) is 13.1 Å². The average molecular weight is 283 g/mol. The minimum absolute atomic E-state index is 0.0770. The molecule has 0 aromatic heterocycles. The van der Waals surface area contributed by atoms with Crippen molar-refractivity contribution in [2.45, 2.75) is 31.9 Å². The molecule has 1 fully saturated rings. The average Bonchev–Trinajstić information content (AvgIpc) is 2.40. The van der Waals surface area contributed by atoms with Gasteiger partial charge in [-0.25, -0.2) is 0 Å². The molecule has 1 aliphatic heterocycles. The lowest BCUT2D eigenvalue weighted by Gasteiger charge is -2.25. The fourth-order valence-corrected chi connectivity index (χ4v) is 2.26. The third-order valence-corrected chi connectivity index (χ3v) is 3.40. The number of hydrogen-bond donors (Lipinski definition) is 2. The van der Waals surface area contributed by atoms with Gasteiger partial charge < -0.3 is 15.4 Å². The van der Waals surface area contributed by atoms with Crippen LogP contribution in [-0.2, 0) is 4.79 Å². The van der Waals surface area contributed by atoms with Gasteiger partial charge in [0.05, 0.1) is 0 Å². The summed E-state index contributed by atoms with van der Waals surface area (Å²) in [6.45, 7) is 3.65. The number of ether oxygens (including phenoxy) is 1. The molecule has 0 radical (unpaired) electrons. The Morgan fingerprint density at radius 3 is 2.89 bits per heavy atom. The van der Waals surface area contributed by atoms with E-state index in [2.05, 4.69) is 10.6 Å².